The first-order valence-electron chi connectivity index (χ1n) is 9.99. The van der Waals surface area contributed by atoms with Crippen molar-refractivity contribution in [3.05, 3.63) is 28.2 Å². The molecule has 4 atom stereocenters. The first kappa shape index (κ1) is 17.9. The quantitative estimate of drug-likeness (QED) is 0.619. The Morgan fingerprint density at radius 2 is 1.84 bits per heavy atom. The Bertz CT molecular complexity index is 639. The van der Waals surface area contributed by atoms with Gasteiger partial charge in [0.05, 0.1) is 11.1 Å². The zero-order valence-electron chi connectivity index (χ0n) is 16.0. The van der Waals surface area contributed by atoms with Gasteiger partial charge in [0.1, 0.15) is 5.75 Å². The number of benzene rings is 1. The third kappa shape index (κ3) is 3.51. The van der Waals surface area contributed by atoms with E-state index >= 15 is 0 Å². The van der Waals surface area contributed by atoms with Crippen LogP contribution in [0.3, 0.4) is 0 Å². The van der Waals surface area contributed by atoms with Gasteiger partial charge in [-0.3, -0.25) is 0 Å². The van der Waals surface area contributed by atoms with Gasteiger partial charge in [0.15, 0.2) is 0 Å². The van der Waals surface area contributed by atoms with E-state index in [1.54, 1.807) is 0 Å². The van der Waals surface area contributed by atoms with Crippen molar-refractivity contribution in [1.82, 2.24) is 5.32 Å². The minimum absolute atomic E-state index is 0.368. The molecule has 0 spiro atoms. The second kappa shape index (κ2) is 6.27. The third-order valence-electron chi connectivity index (χ3n) is 6.75. The Balaban J connectivity index is 1.45. The lowest BCUT2D eigenvalue weighted by molar-refractivity contribution is -0.118. The molecule has 0 saturated heterocycles. The van der Waals surface area contributed by atoms with Crippen LogP contribution in [0.4, 0.5) is 0 Å². The van der Waals surface area contributed by atoms with Crippen molar-refractivity contribution in [3.63, 3.8) is 0 Å². The van der Waals surface area contributed by atoms with Crippen molar-refractivity contribution in [2.75, 3.05) is 6.61 Å². The molecule has 0 radical (unpaired) electrons. The Kier molecular flexibility index (Phi) is 4.47. The average molecular weight is 406 g/mol. The summed E-state index contributed by atoms with van der Waals surface area (Å²) in [6, 6.07) is 6.55. The second-order valence-electron chi connectivity index (χ2n) is 9.88. The molecular weight excluding hydrogens is 374 g/mol. The Labute approximate surface area is 161 Å². The molecule has 4 bridgehead atoms. The highest BCUT2D eigenvalue weighted by Crippen LogP contribution is 2.66. The molecular formula is C22H32BrNO. The Morgan fingerprint density at radius 1 is 1.12 bits per heavy atom. The Hall–Kier alpha value is -0.540. The number of nitrogens with one attached hydrogen (secondary N) is 1. The van der Waals surface area contributed by atoms with Crippen LogP contribution in [0.1, 0.15) is 71.3 Å². The zero-order valence-corrected chi connectivity index (χ0v) is 17.5. The highest BCUT2D eigenvalue weighted by Gasteiger charge is 2.59. The van der Waals surface area contributed by atoms with Gasteiger partial charge >= 0.3 is 0 Å². The van der Waals surface area contributed by atoms with Gasteiger partial charge in [-0.05, 0) is 95.3 Å². The molecule has 0 heterocycles. The number of hydrogen-bond acceptors (Lipinski definition) is 2. The normalized spacial score (nSPS) is 39.0. The molecule has 0 aliphatic heterocycles. The molecule has 4 aliphatic rings. The molecule has 4 aliphatic carbocycles. The maximum atomic E-state index is 5.78. The summed E-state index contributed by atoms with van der Waals surface area (Å²) < 4.78 is 6.85. The summed E-state index contributed by atoms with van der Waals surface area (Å²) in [5, 5.41) is 4.02. The van der Waals surface area contributed by atoms with E-state index in [-0.39, 0.29) is 0 Å². The SMILES string of the molecule is CCCOc1ccc(CNC23CC4C[C@@](C)(C2)C[C@](C)(C4)C3)cc1Br. The Morgan fingerprint density at radius 3 is 2.44 bits per heavy atom. The summed E-state index contributed by atoms with van der Waals surface area (Å²) >= 11 is 3.68. The molecule has 0 aromatic heterocycles. The van der Waals surface area contributed by atoms with E-state index in [0.29, 0.717) is 16.4 Å². The van der Waals surface area contributed by atoms with E-state index in [1.807, 2.05) is 0 Å². The number of hydrogen-bond donors (Lipinski definition) is 1. The maximum absolute atomic E-state index is 5.78. The summed E-state index contributed by atoms with van der Waals surface area (Å²) in [6.45, 7) is 8.97. The lowest BCUT2D eigenvalue weighted by Crippen LogP contribution is -2.63. The van der Waals surface area contributed by atoms with Crippen molar-refractivity contribution in [3.8, 4) is 5.75 Å². The van der Waals surface area contributed by atoms with E-state index < -0.39 is 0 Å². The van der Waals surface area contributed by atoms with Gasteiger partial charge in [-0.2, -0.15) is 0 Å². The summed E-state index contributed by atoms with van der Waals surface area (Å²) in [7, 11) is 0. The van der Waals surface area contributed by atoms with Gasteiger partial charge in [0.25, 0.3) is 0 Å². The van der Waals surface area contributed by atoms with Gasteiger partial charge in [0, 0.05) is 12.1 Å². The third-order valence-corrected chi connectivity index (χ3v) is 7.37. The number of halogens is 1. The molecule has 138 valence electrons. The molecule has 25 heavy (non-hydrogen) atoms. The molecule has 2 unspecified atom stereocenters. The van der Waals surface area contributed by atoms with E-state index in [9.17, 15) is 0 Å². The molecule has 3 heteroatoms. The van der Waals surface area contributed by atoms with Gasteiger partial charge in [0.2, 0.25) is 0 Å². The molecule has 1 N–H and O–H groups in total. The van der Waals surface area contributed by atoms with Crippen LogP contribution < -0.4 is 10.1 Å². The van der Waals surface area contributed by atoms with Crippen molar-refractivity contribution in [1.29, 1.82) is 0 Å². The monoisotopic (exact) mass is 405 g/mol. The van der Waals surface area contributed by atoms with Crippen molar-refractivity contribution < 1.29 is 4.74 Å². The standard InChI is InChI=1S/C22H32BrNO/c1-4-7-25-19-6-5-16(8-18(19)23)12-24-22-11-17-9-20(2,14-22)13-21(3,10-17)15-22/h5-6,8,17,24H,4,7,9-15H2,1-3H3/t17?,20-,21+,22?. The predicted octanol–water partition coefficient (Wildman–Crippen LogP) is 6.08. The highest BCUT2D eigenvalue weighted by atomic mass is 79.9. The number of ether oxygens (including phenoxy) is 1. The fourth-order valence-electron chi connectivity index (χ4n) is 6.92. The topological polar surface area (TPSA) is 21.3 Å². The van der Waals surface area contributed by atoms with Gasteiger partial charge in [-0.25, -0.2) is 0 Å². The highest BCUT2D eigenvalue weighted by molar-refractivity contribution is 9.10. The second-order valence-corrected chi connectivity index (χ2v) is 10.7. The predicted molar refractivity (Wildman–Crippen MR) is 107 cm³/mol. The van der Waals surface area contributed by atoms with E-state index in [2.05, 4.69) is 60.2 Å². The van der Waals surface area contributed by atoms with Crippen LogP contribution in [-0.4, -0.2) is 12.1 Å². The largest absolute Gasteiger partial charge is 0.492 e. The maximum Gasteiger partial charge on any atom is 0.133 e. The van der Waals surface area contributed by atoms with Gasteiger partial charge < -0.3 is 10.1 Å². The van der Waals surface area contributed by atoms with Crippen LogP contribution in [0.25, 0.3) is 0 Å². The minimum Gasteiger partial charge on any atom is -0.492 e. The van der Waals surface area contributed by atoms with Crippen LogP contribution in [0.2, 0.25) is 0 Å². The number of rotatable bonds is 6. The summed E-state index contributed by atoms with van der Waals surface area (Å²) in [6.07, 6.45) is 9.51. The molecule has 1 aromatic rings. The molecule has 0 amide bonds. The van der Waals surface area contributed by atoms with Crippen LogP contribution in [0.5, 0.6) is 5.75 Å². The average Bonchev–Trinajstić information content (AvgIpc) is 2.48. The van der Waals surface area contributed by atoms with Gasteiger partial charge in [-0.1, -0.05) is 26.8 Å². The van der Waals surface area contributed by atoms with Crippen molar-refractivity contribution >= 4 is 15.9 Å². The van der Waals surface area contributed by atoms with Crippen LogP contribution in [0.15, 0.2) is 22.7 Å². The van der Waals surface area contributed by atoms with E-state index in [1.165, 1.54) is 44.1 Å². The van der Waals surface area contributed by atoms with E-state index in [0.717, 1.165) is 35.7 Å². The van der Waals surface area contributed by atoms with E-state index in [4.69, 9.17) is 4.74 Å². The summed E-state index contributed by atoms with van der Waals surface area (Å²) in [5.41, 5.74) is 2.85. The fraction of sp³-hybridized carbons (Fsp3) is 0.727. The summed E-state index contributed by atoms with van der Waals surface area (Å²) in [5.74, 6) is 1.90. The van der Waals surface area contributed by atoms with Crippen molar-refractivity contribution in [2.45, 2.75) is 77.8 Å². The summed E-state index contributed by atoms with van der Waals surface area (Å²) in [4.78, 5) is 0. The zero-order chi connectivity index (χ0) is 17.7. The molecule has 4 saturated carbocycles. The van der Waals surface area contributed by atoms with Crippen LogP contribution in [-0.2, 0) is 6.54 Å². The van der Waals surface area contributed by atoms with Crippen molar-refractivity contribution in [2.24, 2.45) is 16.7 Å². The first-order chi connectivity index (χ1) is 11.8. The molecule has 4 fully saturated rings. The van der Waals surface area contributed by atoms with Crippen LogP contribution >= 0.6 is 15.9 Å². The minimum atomic E-state index is 0.368. The lowest BCUT2D eigenvalue weighted by Gasteiger charge is -2.65. The smallest absolute Gasteiger partial charge is 0.133 e. The van der Waals surface area contributed by atoms with Crippen LogP contribution in [0, 0.1) is 16.7 Å². The lowest BCUT2D eigenvalue weighted by atomic mass is 9.43. The fourth-order valence-corrected chi connectivity index (χ4v) is 7.46. The molecule has 1 aromatic carbocycles. The molecule has 2 nitrogen and oxygen atoms in total. The molecule has 5 rings (SSSR count). The first-order valence-corrected chi connectivity index (χ1v) is 10.8. The van der Waals surface area contributed by atoms with Gasteiger partial charge in [-0.15, -0.1) is 0 Å².